The van der Waals surface area contributed by atoms with E-state index in [9.17, 15) is 4.79 Å². The van der Waals surface area contributed by atoms with E-state index in [0.717, 1.165) is 18.9 Å². The number of aryl methyl sites for hydroxylation is 1. The van der Waals surface area contributed by atoms with Gasteiger partial charge in [-0.2, -0.15) is 10.2 Å². The second-order valence-electron chi connectivity index (χ2n) is 7.07. The molecule has 10 heteroatoms. The van der Waals surface area contributed by atoms with E-state index in [1.54, 1.807) is 28.5 Å². The Balaban J connectivity index is 1.40. The van der Waals surface area contributed by atoms with Crippen molar-refractivity contribution in [3.05, 3.63) is 34.8 Å². The quantitative estimate of drug-likeness (QED) is 0.652. The van der Waals surface area contributed by atoms with Gasteiger partial charge in [0.25, 0.3) is 5.91 Å². The number of amides is 1. The molecule has 0 radical (unpaired) electrons. The maximum Gasteiger partial charge on any atom is 0.276 e. The molecule has 0 aliphatic carbocycles. The summed E-state index contributed by atoms with van der Waals surface area (Å²) in [7, 11) is 1.79. The van der Waals surface area contributed by atoms with Crippen LogP contribution < -0.4 is 15.5 Å². The van der Waals surface area contributed by atoms with Gasteiger partial charge in [0, 0.05) is 50.7 Å². The van der Waals surface area contributed by atoms with Gasteiger partial charge in [0.2, 0.25) is 0 Å². The summed E-state index contributed by atoms with van der Waals surface area (Å²) in [5.74, 6) is 0.651. The Morgan fingerprint density at radius 3 is 2.93 bits per heavy atom. The average molecular weight is 431 g/mol. The summed E-state index contributed by atoms with van der Waals surface area (Å²) in [4.78, 5) is 19.7. The third-order valence-corrected chi connectivity index (χ3v) is 5.80. The normalized spacial score (nSPS) is 21.8. The minimum absolute atomic E-state index is 0.294. The number of carbonyl (C=O) groups is 1. The number of aromatic nitrogens is 5. The van der Waals surface area contributed by atoms with E-state index in [4.69, 9.17) is 4.98 Å². The lowest BCUT2D eigenvalue weighted by Gasteiger charge is -2.46. The molecule has 6 heterocycles. The lowest BCUT2D eigenvalue weighted by Crippen LogP contribution is -2.61. The van der Waals surface area contributed by atoms with Crippen LogP contribution in [0.1, 0.15) is 23.3 Å². The molecule has 3 saturated heterocycles. The highest BCUT2D eigenvalue weighted by Crippen LogP contribution is 2.27. The van der Waals surface area contributed by atoms with E-state index in [-0.39, 0.29) is 5.91 Å². The highest BCUT2D eigenvalue weighted by molar-refractivity contribution is 9.10. The van der Waals surface area contributed by atoms with Crippen molar-refractivity contribution in [2.75, 3.05) is 23.3 Å². The first-order valence-corrected chi connectivity index (χ1v) is 9.73. The van der Waals surface area contributed by atoms with Crippen LogP contribution in [0, 0.1) is 0 Å². The molecule has 3 aromatic rings. The molecule has 2 bridgehead atoms. The number of fused-ring (bicyclic) bond motifs is 4. The molecule has 3 fully saturated rings. The van der Waals surface area contributed by atoms with Crippen LogP contribution in [0.2, 0.25) is 0 Å². The number of anilines is 2. The fraction of sp³-hybridized carbons (Fsp3) is 0.412. The van der Waals surface area contributed by atoms with Gasteiger partial charge in [-0.25, -0.2) is 9.50 Å². The number of halogens is 1. The Kier molecular flexibility index (Phi) is 3.90. The minimum atomic E-state index is -0.294. The van der Waals surface area contributed by atoms with Gasteiger partial charge in [-0.05, 0) is 34.8 Å². The zero-order valence-corrected chi connectivity index (χ0v) is 16.3. The van der Waals surface area contributed by atoms with Crippen LogP contribution in [-0.4, -0.2) is 55.5 Å². The first kappa shape index (κ1) is 16.7. The first-order valence-electron chi connectivity index (χ1n) is 8.94. The fourth-order valence-electron chi connectivity index (χ4n) is 3.86. The van der Waals surface area contributed by atoms with Crippen molar-refractivity contribution in [1.29, 1.82) is 0 Å². The lowest BCUT2D eigenvalue weighted by molar-refractivity contribution is 0.102. The van der Waals surface area contributed by atoms with Crippen LogP contribution in [-0.2, 0) is 7.05 Å². The molecule has 0 aromatic carbocycles. The van der Waals surface area contributed by atoms with Crippen molar-refractivity contribution < 1.29 is 4.79 Å². The summed E-state index contributed by atoms with van der Waals surface area (Å²) in [6, 6.07) is 4.71. The Bertz CT molecular complexity index is 1020. The summed E-state index contributed by atoms with van der Waals surface area (Å²) >= 11 is 3.33. The SMILES string of the molecule is Cn1cc(NC(=O)c2cc3nc(N4CC5CCC4CN5)ccn3n2)c(Br)n1. The predicted molar refractivity (Wildman–Crippen MR) is 104 cm³/mol. The zero-order valence-electron chi connectivity index (χ0n) is 14.8. The standard InChI is InChI=1S/C17H19BrN8O/c1-24-9-13(16(18)23-24)20-17(27)12-6-15-21-14(4-5-26(15)22-12)25-8-10-2-3-11(25)7-19-10/h4-6,9-11,19H,2-3,7-8H2,1H3,(H,20,27). The van der Waals surface area contributed by atoms with Crippen LogP contribution in [0.5, 0.6) is 0 Å². The molecule has 3 aliphatic heterocycles. The van der Waals surface area contributed by atoms with Crippen LogP contribution in [0.3, 0.4) is 0 Å². The molecule has 9 nitrogen and oxygen atoms in total. The molecule has 3 aromatic heterocycles. The maximum absolute atomic E-state index is 12.5. The van der Waals surface area contributed by atoms with Gasteiger partial charge in [-0.1, -0.05) is 0 Å². The van der Waals surface area contributed by atoms with Gasteiger partial charge < -0.3 is 15.5 Å². The number of piperazine rings is 1. The molecule has 3 aliphatic rings. The van der Waals surface area contributed by atoms with E-state index in [1.807, 2.05) is 12.3 Å². The molecule has 0 saturated carbocycles. The average Bonchev–Trinajstić information content (AvgIpc) is 3.24. The number of nitrogens with zero attached hydrogens (tertiary/aromatic N) is 6. The number of hydrogen-bond acceptors (Lipinski definition) is 6. The molecular weight excluding hydrogens is 412 g/mol. The van der Waals surface area contributed by atoms with Crippen molar-refractivity contribution >= 4 is 39.0 Å². The van der Waals surface area contributed by atoms with E-state index >= 15 is 0 Å². The van der Waals surface area contributed by atoms with Crippen LogP contribution >= 0.6 is 15.9 Å². The van der Waals surface area contributed by atoms with E-state index in [0.29, 0.717) is 33.7 Å². The molecule has 6 rings (SSSR count). The monoisotopic (exact) mass is 430 g/mol. The largest absolute Gasteiger partial charge is 0.351 e. The Labute approximate surface area is 163 Å². The maximum atomic E-state index is 12.5. The van der Waals surface area contributed by atoms with Crippen LogP contribution in [0.15, 0.2) is 29.1 Å². The highest BCUT2D eigenvalue weighted by atomic mass is 79.9. The highest BCUT2D eigenvalue weighted by Gasteiger charge is 2.34. The number of carbonyl (C=O) groups excluding carboxylic acids is 1. The molecule has 1 amide bonds. The first-order chi connectivity index (χ1) is 13.1. The topological polar surface area (TPSA) is 92.4 Å². The third kappa shape index (κ3) is 2.98. The van der Waals surface area contributed by atoms with Gasteiger partial charge in [0.1, 0.15) is 5.82 Å². The van der Waals surface area contributed by atoms with Crippen molar-refractivity contribution in [2.45, 2.75) is 24.9 Å². The summed E-state index contributed by atoms with van der Waals surface area (Å²) in [6.45, 7) is 1.98. The summed E-state index contributed by atoms with van der Waals surface area (Å²) in [5.41, 5.74) is 1.58. The van der Waals surface area contributed by atoms with Crippen molar-refractivity contribution in [3.63, 3.8) is 0 Å². The minimum Gasteiger partial charge on any atom is -0.351 e. The summed E-state index contributed by atoms with van der Waals surface area (Å²) < 4.78 is 3.84. The van der Waals surface area contributed by atoms with Gasteiger partial charge >= 0.3 is 0 Å². The van der Waals surface area contributed by atoms with Gasteiger partial charge in [-0.3, -0.25) is 9.48 Å². The Morgan fingerprint density at radius 2 is 2.26 bits per heavy atom. The summed E-state index contributed by atoms with van der Waals surface area (Å²) in [5, 5.41) is 14.9. The fourth-order valence-corrected chi connectivity index (χ4v) is 4.31. The number of rotatable bonds is 3. The van der Waals surface area contributed by atoms with Crippen LogP contribution in [0.4, 0.5) is 11.5 Å². The lowest BCUT2D eigenvalue weighted by atomic mass is 9.93. The van der Waals surface area contributed by atoms with Gasteiger partial charge in [0.05, 0.1) is 5.69 Å². The molecule has 0 spiro atoms. The number of hydrogen-bond donors (Lipinski definition) is 2. The van der Waals surface area contributed by atoms with Crippen LogP contribution in [0.25, 0.3) is 5.65 Å². The molecular formula is C17H19BrN8O. The zero-order chi connectivity index (χ0) is 18.5. The Morgan fingerprint density at radius 1 is 1.37 bits per heavy atom. The molecule has 2 atom stereocenters. The van der Waals surface area contributed by atoms with Crippen molar-refractivity contribution in [1.82, 2.24) is 29.7 Å². The predicted octanol–water partition coefficient (Wildman–Crippen LogP) is 1.42. The van der Waals surface area contributed by atoms with E-state index < -0.39 is 0 Å². The smallest absolute Gasteiger partial charge is 0.276 e. The molecule has 2 N–H and O–H groups in total. The molecule has 27 heavy (non-hydrogen) atoms. The van der Waals surface area contributed by atoms with Gasteiger partial charge in [-0.15, -0.1) is 0 Å². The van der Waals surface area contributed by atoms with Crippen molar-refractivity contribution in [2.24, 2.45) is 7.05 Å². The second kappa shape index (κ2) is 6.31. The molecule has 140 valence electrons. The van der Waals surface area contributed by atoms with Gasteiger partial charge in [0.15, 0.2) is 15.9 Å². The van der Waals surface area contributed by atoms with Crippen molar-refractivity contribution in [3.8, 4) is 0 Å². The number of piperidine rings is 2. The second-order valence-corrected chi connectivity index (χ2v) is 7.82. The summed E-state index contributed by atoms with van der Waals surface area (Å²) in [6.07, 6.45) is 6.01. The van der Waals surface area contributed by atoms with E-state index in [1.165, 1.54) is 12.8 Å². The molecule has 2 unspecified atom stereocenters. The number of nitrogens with one attached hydrogen (secondary N) is 2. The Hall–Kier alpha value is -2.46. The van der Waals surface area contributed by atoms with E-state index in [2.05, 4.69) is 41.7 Å². The third-order valence-electron chi connectivity index (χ3n) is 5.22.